The third-order valence-corrected chi connectivity index (χ3v) is 3.33. The number of aliphatic hydroxyl groups is 2. The Morgan fingerprint density at radius 2 is 1.50 bits per heavy atom. The van der Waals surface area contributed by atoms with Gasteiger partial charge in [-0.25, -0.2) is 0 Å². The molecule has 0 aliphatic carbocycles. The predicted octanol–water partition coefficient (Wildman–Crippen LogP) is 3.50. The zero-order valence-electron chi connectivity index (χ0n) is 11.7. The second-order valence-corrected chi connectivity index (χ2v) is 6.17. The van der Waals surface area contributed by atoms with E-state index in [1.807, 2.05) is 27.7 Å². The smallest absolute Gasteiger partial charge is 0.0619 e. The fourth-order valence-corrected chi connectivity index (χ4v) is 2.18. The molecule has 0 fully saturated rings. The highest BCUT2D eigenvalue weighted by Crippen LogP contribution is 2.26. The van der Waals surface area contributed by atoms with Crippen LogP contribution in [0.1, 0.15) is 73.1 Å². The monoisotopic (exact) mass is 230 g/mol. The van der Waals surface area contributed by atoms with Crippen molar-refractivity contribution in [2.24, 2.45) is 5.92 Å². The third-order valence-electron chi connectivity index (χ3n) is 3.33. The van der Waals surface area contributed by atoms with Gasteiger partial charge in [-0.15, -0.1) is 0 Å². The molecule has 0 aliphatic rings. The average Bonchev–Trinajstić information content (AvgIpc) is 2.07. The van der Waals surface area contributed by atoms with Gasteiger partial charge in [0.05, 0.1) is 11.2 Å². The summed E-state index contributed by atoms with van der Waals surface area (Å²) in [4.78, 5) is 0. The van der Waals surface area contributed by atoms with Crippen molar-refractivity contribution in [2.75, 3.05) is 0 Å². The van der Waals surface area contributed by atoms with Crippen LogP contribution in [-0.4, -0.2) is 21.4 Å². The first kappa shape index (κ1) is 15.9. The summed E-state index contributed by atoms with van der Waals surface area (Å²) in [5.74, 6) is 0.398. The molecule has 0 aliphatic heterocycles. The van der Waals surface area contributed by atoms with Gasteiger partial charge in [-0.2, -0.15) is 0 Å². The summed E-state index contributed by atoms with van der Waals surface area (Å²) in [5, 5.41) is 19.5. The van der Waals surface area contributed by atoms with Gasteiger partial charge in [0.15, 0.2) is 0 Å². The molecule has 16 heavy (non-hydrogen) atoms. The fraction of sp³-hybridized carbons (Fsp3) is 1.00. The van der Waals surface area contributed by atoms with Crippen molar-refractivity contribution in [1.29, 1.82) is 0 Å². The molecule has 0 saturated carbocycles. The van der Waals surface area contributed by atoms with Crippen LogP contribution in [0.5, 0.6) is 0 Å². The third kappa shape index (κ3) is 8.12. The average molecular weight is 230 g/mol. The van der Waals surface area contributed by atoms with Crippen LogP contribution in [0.3, 0.4) is 0 Å². The summed E-state index contributed by atoms with van der Waals surface area (Å²) in [7, 11) is 0. The van der Waals surface area contributed by atoms with E-state index in [2.05, 4.69) is 6.92 Å². The summed E-state index contributed by atoms with van der Waals surface area (Å²) >= 11 is 0. The molecule has 0 aromatic rings. The maximum absolute atomic E-state index is 9.92. The van der Waals surface area contributed by atoms with Gasteiger partial charge >= 0.3 is 0 Å². The van der Waals surface area contributed by atoms with Crippen LogP contribution in [0.25, 0.3) is 0 Å². The predicted molar refractivity (Wildman–Crippen MR) is 69.5 cm³/mol. The number of unbranched alkanes of at least 4 members (excludes halogenated alkanes) is 2. The Hall–Kier alpha value is -0.0800. The van der Waals surface area contributed by atoms with Crippen LogP contribution in [-0.2, 0) is 0 Å². The van der Waals surface area contributed by atoms with Gasteiger partial charge in [0.25, 0.3) is 0 Å². The molecular weight excluding hydrogens is 200 g/mol. The highest BCUT2D eigenvalue weighted by Gasteiger charge is 2.24. The molecule has 1 unspecified atom stereocenters. The fourth-order valence-electron chi connectivity index (χ4n) is 2.18. The lowest BCUT2D eigenvalue weighted by molar-refractivity contribution is 0.00997. The SMILES string of the molecule is CCC(CCCCCC(C)(C)O)C(C)(C)O. The van der Waals surface area contributed by atoms with Crippen LogP contribution in [0.4, 0.5) is 0 Å². The second-order valence-electron chi connectivity index (χ2n) is 6.17. The van der Waals surface area contributed by atoms with E-state index in [4.69, 9.17) is 0 Å². The van der Waals surface area contributed by atoms with E-state index in [1.54, 1.807) is 0 Å². The molecule has 0 heterocycles. The van der Waals surface area contributed by atoms with Crippen molar-refractivity contribution in [2.45, 2.75) is 84.3 Å². The van der Waals surface area contributed by atoms with Gasteiger partial charge in [-0.3, -0.25) is 0 Å². The van der Waals surface area contributed by atoms with Gasteiger partial charge < -0.3 is 10.2 Å². The van der Waals surface area contributed by atoms with Crippen LogP contribution in [0.2, 0.25) is 0 Å². The van der Waals surface area contributed by atoms with E-state index in [0.29, 0.717) is 5.92 Å². The van der Waals surface area contributed by atoms with Crippen molar-refractivity contribution in [1.82, 2.24) is 0 Å². The summed E-state index contributed by atoms with van der Waals surface area (Å²) in [5.41, 5.74) is -1.08. The van der Waals surface area contributed by atoms with Crippen LogP contribution >= 0.6 is 0 Å². The quantitative estimate of drug-likeness (QED) is 0.626. The maximum atomic E-state index is 9.92. The highest BCUT2D eigenvalue weighted by atomic mass is 16.3. The molecule has 0 bridgehead atoms. The first-order valence-electron chi connectivity index (χ1n) is 6.61. The number of hydrogen-bond acceptors (Lipinski definition) is 2. The topological polar surface area (TPSA) is 40.5 Å². The number of rotatable bonds is 8. The van der Waals surface area contributed by atoms with E-state index in [-0.39, 0.29) is 0 Å². The standard InChI is InChI=1S/C14H30O2/c1-6-12(14(4,5)16)10-8-7-9-11-13(2,3)15/h12,15-16H,6-11H2,1-5H3. The molecule has 0 aromatic heterocycles. The van der Waals surface area contributed by atoms with Gasteiger partial charge in [0.1, 0.15) is 0 Å². The molecule has 0 radical (unpaired) electrons. The Labute approximate surface area is 101 Å². The van der Waals surface area contributed by atoms with E-state index in [1.165, 1.54) is 0 Å². The Kier molecular flexibility index (Phi) is 6.57. The first-order valence-corrected chi connectivity index (χ1v) is 6.61. The number of hydrogen-bond donors (Lipinski definition) is 2. The summed E-state index contributed by atoms with van der Waals surface area (Å²) in [6.45, 7) is 9.66. The van der Waals surface area contributed by atoms with Crippen molar-refractivity contribution >= 4 is 0 Å². The Bertz CT molecular complexity index is 174. The molecule has 2 N–H and O–H groups in total. The van der Waals surface area contributed by atoms with E-state index in [0.717, 1.165) is 38.5 Å². The first-order chi connectivity index (χ1) is 7.17. The Morgan fingerprint density at radius 1 is 0.938 bits per heavy atom. The minimum absolute atomic E-state index is 0.398. The van der Waals surface area contributed by atoms with E-state index >= 15 is 0 Å². The second kappa shape index (κ2) is 6.61. The van der Waals surface area contributed by atoms with Crippen molar-refractivity contribution in [3.8, 4) is 0 Å². The van der Waals surface area contributed by atoms with Crippen LogP contribution in [0.15, 0.2) is 0 Å². The van der Waals surface area contributed by atoms with Crippen molar-refractivity contribution < 1.29 is 10.2 Å². The van der Waals surface area contributed by atoms with Crippen molar-refractivity contribution in [3.63, 3.8) is 0 Å². The van der Waals surface area contributed by atoms with Crippen molar-refractivity contribution in [3.05, 3.63) is 0 Å². The Balaban J connectivity index is 3.65. The molecular formula is C14H30O2. The minimum Gasteiger partial charge on any atom is -0.390 e. The Morgan fingerprint density at radius 3 is 1.88 bits per heavy atom. The highest BCUT2D eigenvalue weighted by molar-refractivity contribution is 4.76. The van der Waals surface area contributed by atoms with E-state index in [9.17, 15) is 10.2 Å². The lowest BCUT2D eigenvalue weighted by atomic mass is 9.84. The lowest BCUT2D eigenvalue weighted by Crippen LogP contribution is -2.30. The molecule has 98 valence electrons. The van der Waals surface area contributed by atoms with Gasteiger partial charge in [0.2, 0.25) is 0 Å². The zero-order chi connectivity index (χ0) is 12.8. The van der Waals surface area contributed by atoms with Gasteiger partial charge in [-0.05, 0) is 46.5 Å². The molecule has 0 amide bonds. The van der Waals surface area contributed by atoms with E-state index < -0.39 is 11.2 Å². The van der Waals surface area contributed by atoms with Gasteiger partial charge in [-0.1, -0.05) is 32.6 Å². The molecule has 0 aromatic carbocycles. The molecule has 0 saturated heterocycles. The normalized spacial score (nSPS) is 15.2. The minimum atomic E-state index is -0.551. The largest absolute Gasteiger partial charge is 0.390 e. The maximum Gasteiger partial charge on any atom is 0.0619 e. The van der Waals surface area contributed by atoms with Crippen LogP contribution < -0.4 is 0 Å². The van der Waals surface area contributed by atoms with Crippen LogP contribution in [0, 0.1) is 5.92 Å². The zero-order valence-corrected chi connectivity index (χ0v) is 11.7. The molecule has 2 nitrogen and oxygen atoms in total. The molecule has 1 atom stereocenters. The lowest BCUT2D eigenvalue weighted by Gasteiger charge is -2.28. The summed E-state index contributed by atoms with van der Waals surface area (Å²) in [6, 6.07) is 0. The summed E-state index contributed by atoms with van der Waals surface area (Å²) in [6.07, 6.45) is 6.37. The molecule has 0 spiro atoms. The van der Waals surface area contributed by atoms with Gasteiger partial charge in [0, 0.05) is 0 Å². The summed E-state index contributed by atoms with van der Waals surface area (Å²) < 4.78 is 0. The molecule has 2 heteroatoms. The molecule has 0 rings (SSSR count).